The van der Waals surface area contributed by atoms with E-state index in [9.17, 15) is 4.79 Å². The maximum Gasteiger partial charge on any atom is 0.258 e. The van der Waals surface area contributed by atoms with E-state index in [0.717, 1.165) is 0 Å². The standard InChI is InChI=1S/C16H19N3O5/c1-10-17-18-15(24-10)13-9-23-7-6-19(13)16(20)12-5-4-11(21-2)8-14(12)22-3/h4-5,8,13H,6-7,9H2,1-3H3. The Morgan fingerprint density at radius 2 is 2.12 bits per heavy atom. The van der Waals surface area contributed by atoms with Gasteiger partial charge in [-0.15, -0.1) is 10.2 Å². The van der Waals surface area contributed by atoms with Crippen LogP contribution in [0.1, 0.15) is 28.2 Å². The molecule has 1 saturated heterocycles. The van der Waals surface area contributed by atoms with E-state index in [-0.39, 0.29) is 5.91 Å². The van der Waals surface area contributed by atoms with Crippen molar-refractivity contribution >= 4 is 5.91 Å². The highest BCUT2D eigenvalue weighted by Gasteiger charge is 2.34. The predicted molar refractivity (Wildman–Crippen MR) is 83.2 cm³/mol. The molecule has 1 amide bonds. The molecule has 1 aromatic heterocycles. The molecule has 0 N–H and O–H groups in total. The summed E-state index contributed by atoms with van der Waals surface area (Å²) in [5.74, 6) is 1.71. The van der Waals surface area contributed by atoms with Crippen LogP contribution in [0.3, 0.4) is 0 Å². The number of hydrogen-bond acceptors (Lipinski definition) is 7. The summed E-state index contributed by atoms with van der Waals surface area (Å²) < 4.78 is 21.5. The fourth-order valence-corrected chi connectivity index (χ4v) is 2.63. The Hall–Kier alpha value is -2.61. The van der Waals surface area contributed by atoms with Crippen molar-refractivity contribution in [3.8, 4) is 11.5 Å². The summed E-state index contributed by atoms with van der Waals surface area (Å²) in [6, 6.07) is 4.67. The minimum absolute atomic E-state index is 0.182. The van der Waals surface area contributed by atoms with Crippen molar-refractivity contribution in [3.05, 3.63) is 35.5 Å². The van der Waals surface area contributed by atoms with Crippen LogP contribution in [0.5, 0.6) is 11.5 Å². The van der Waals surface area contributed by atoms with Crippen LogP contribution in [0.4, 0.5) is 0 Å². The molecule has 0 bridgehead atoms. The Labute approximate surface area is 139 Å². The van der Waals surface area contributed by atoms with Crippen molar-refractivity contribution in [2.24, 2.45) is 0 Å². The molecule has 1 aliphatic heterocycles. The third kappa shape index (κ3) is 3.05. The molecule has 1 aromatic carbocycles. The van der Waals surface area contributed by atoms with Crippen molar-refractivity contribution in [2.45, 2.75) is 13.0 Å². The maximum absolute atomic E-state index is 13.0. The lowest BCUT2D eigenvalue weighted by molar-refractivity contribution is -0.0107. The van der Waals surface area contributed by atoms with Gasteiger partial charge in [0.2, 0.25) is 11.8 Å². The minimum atomic E-state index is -0.417. The molecule has 128 valence electrons. The SMILES string of the molecule is COc1ccc(C(=O)N2CCOCC2c2nnc(C)o2)c(OC)c1. The van der Waals surface area contributed by atoms with Gasteiger partial charge in [-0.25, -0.2) is 0 Å². The van der Waals surface area contributed by atoms with Crippen LogP contribution >= 0.6 is 0 Å². The van der Waals surface area contributed by atoms with Crippen molar-refractivity contribution in [1.82, 2.24) is 15.1 Å². The maximum atomic E-state index is 13.0. The van der Waals surface area contributed by atoms with Crippen molar-refractivity contribution in [1.29, 1.82) is 0 Å². The van der Waals surface area contributed by atoms with Crippen LogP contribution in [0.25, 0.3) is 0 Å². The van der Waals surface area contributed by atoms with Gasteiger partial charge >= 0.3 is 0 Å². The lowest BCUT2D eigenvalue weighted by Gasteiger charge is -2.33. The van der Waals surface area contributed by atoms with Gasteiger partial charge in [0.1, 0.15) is 17.5 Å². The Bertz CT molecular complexity index is 730. The van der Waals surface area contributed by atoms with Crippen LogP contribution in [0.2, 0.25) is 0 Å². The van der Waals surface area contributed by atoms with Crippen LogP contribution in [-0.4, -0.2) is 55.0 Å². The Kier molecular flexibility index (Phi) is 4.66. The zero-order valence-electron chi connectivity index (χ0n) is 13.8. The predicted octanol–water partition coefficient (Wildman–Crippen LogP) is 1.61. The fourth-order valence-electron chi connectivity index (χ4n) is 2.63. The van der Waals surface area contributed by atoms with E-state index in [0.29, 0.717) is 48.6 Å². The molecular weight excluding hydrogens is 314 g/mol. The Morgan fingerprint density at radius 3 is 2.79 bits per heavy atom. The number of benzene rings is 1. The number of hydrogen-bond donors (Lipinski definition) is 0. The molecule has 1 atom stereocenters. The van der Waals surface area contributed by atoms with Gasteiger partial charge in [0.15, 0.2) is 0 Å². The molecule has 2 aromatic rings. The molecule has 0 radical (unpaired) electrons. The molecule has 24 heavy (non-hydrogen) atoms. The minimum Gasteiger partial charge on any atom is -0.497 e. The highest BCUT2D eigenvalue weighted by atomic mass is 16.5. The molecule has 2 heterocycles. The molecule has 3 rings (SSSR count). The molecule has 0 saturated carbocycles. The van der Waals surface area contributed by atoms with E-state index in [1.54, 1.807) is 37.1 Å². The van der Waals surface area contributed by atoms with E-state index >= 15 is 0 Å². The number of rotatable bonds is 4. The first-order chi connectivity index (χ1) is 11.6. The third-order valence-corrected chi connectivity index (χ3v) is 3.86. The summed E-state index contributed by atoms with van der Waals surface area (Å²) in [4.78, 5) is 14.7. The number of morpholine rings is 1. The first kappa shape index (κ1) is 16.3. The average molecular weight is 333 g/mol. The normalized spacial score (nSPS) is 17.6. The van der Waals surface area contributed by atoms with Crippen molar-refractivity contribution in [2.75, 3.05) is 34.0 Å². The summed E-state index contributed by atoms with van der Waals surface area (Å²) in [6.07, 6.45) is 0. The van der Waals surface area contributed by atoms with Crippen LogP contribution in [0.15, 0.2) is 22.6 Å². The molecule has 8 heteroatoms. The van der Waals surface area contributed by atoms with E-state index in [4.69, 9.17) is 18.6 Å². The summed E-state index contributed by atoms with van der Waals surface area (Å²) in [5.41, 5.74) is 0.446. The summed E-state index contributed by atoms with van der Waals surface area (Å²) in [7, 11) is 3.08. The lowest BCUT2D eigenvalue weighted by Crippen LogP contribution is -2.43. The van der Waals surface area contributed by atoms with Gasteiger partial charge in [-0.2, -0.15) is 0 Å². The molecule has 1 fully saturated rings. The summed E-state index contributed by atoms with van der Waals surface area (Å²) in [5, 5.41) is 7.86. The van der Waals surface area contributed by atoms with Gasteiger partial charge < -0.3 is 23.5 Å². The zero-order chi connectivity index (χ0) is 17.1. The molecule has 1 aliphatic rings. The smallest absolute Gasteiger partial charge is 0.258 e. The number of ether oxygens (including phenoxy) is 3. The number of aryl methyl sites for hydroxylation is 1. The molecular formula is C16H19N3O5. The highest BCUT2D eigenvalue weighted by Crippen LogP contribution is 2.30. The monoisotopic (exact) mass is 333 g/mol. The second-order valence-corrected chi connectivity index (χ2v) is 5.31. The fraction of sp³-hybridized carbons (Fsp3) is 0.438. The number of carbonyl (C=O) groups is 1. The van der Waals surface area contributed by atoms with Gasteiger partial charge in [-0.1, -0.05) is 0 Å². The van der Waals surface area contributed by atoms with Gasteiger partial charge in [-0.05, 0) is 12.1 Å². The van der Waals surface area contributed by atoms with Gasteiger partial charge in [-0.3, -0.25) is 4.79 Å². The first-order valence-electron chi connectivity index (χ1n) is 7.54. The largest absolute Gasteiger partial charge is 0.497 e. The number of aromatic nitrogens is 2. The first-order valence-corrected chi connectivity index (χ1v) is 7.54. The molecule has 8 nitrogen and oxygen atoms in total. The topological polar surface area (TPSA) is 86.9 Å². The quantitative estimate of drug-likeness (QED) is 0.840. The van der Waals surface area contributed by atoms with E-state index in [1.807, 2.05) is 0 Å². The number of carbonyl (C=O) groups excluding carboxylic acids is 1. The third-order valence-electron chi connectivity index (χ3n) is 3.86. The molecule has 0 aliphatic carbocycles. The highest BCUT2D eigenvalue weighted by molar-refractivity contribution is 5.97. The zero-order valence-corrected chi connectivity index (χ0v) is 13.8. The average Bonchev–Trinajstić information content (AvgIpc) is 3.06. The van der Waals surface area contributed by atoms with Gasteiger partial charge in [0, 0.05) is 19.5 Å². The Morgan fingerprint density at radius 1 is 1.29 bits per heavy atom. The Balaban J connectivity index is 1.92. The molecule has 0 spiro atoms. The molecule has 1 unspecified atom stereocenters. The van der Waals surface area contributed by atoms with Crippen molar-refractivity contribution < 1.29 is 23.4 Å². The lowest BCUT2D eigenvalue weighted by atomic mass is 10.1. The van der Waals surface area contributed by atoms with Crippen LogP contribution < -0.4 is 9.47 Å². The van der Waals surface area contributed by atoms with Gasteiger partial charge in [0.05, 0.1) is 33.0 Å². The second-order valence-electron chi connectivity index (χ2n) is 5.31. The van der Waals surface area contributed by atoms with E-state index < -0.39 is 6.04 Å². The van der Waals surface area contributed by atoms with E-state index in [1.165, 1.54) is 7.11 Å². The number of methoxy groups -OCH3 is 2. The van der Waals surface area contributed by atoms with E-state index in [2.05, 4.69) is 10.2 Å². The van der Waals surface area contributed by atoms with Gasteiger partial charge in [0.25, 0.3) is 5.91 Å². The number of amides is 1. The van der Waals surface area contributed by atoms with Crippen molar-refractivity contribution in [3.63, 3.8) is 0 Å². The summed E-state index contributed by atoms with van der Waals surface area (Å²) >= 11 is 0. The summed E-state index contributed by atoms with van der Waals surface area (Å²) in [6.45, 7) is 2.90. The van der Waals surface area contributed by atoms with Crippen LogP contribution in [0, 0.1) is 6.92 Å². The number of nitrogens with zero attached hydrogens (tertiary/aromatic N) is 3. The van der Waals surface area contributed by atoms with Crippen LogP contribution in [-0.2, 0) is 4.74 Å². The second kappa shape index (κ2) is 6.88.